The van der Waals surface area contributed by atoms with E-state index in [9.17, 15) is 14.4 Å². The number of ether oxygens (including phenoxy) is 1. The monoisotopic (exact) mass is 436 g/mol. The SMILES string of the molecule is Cn1cnc2c1c(=O)n(CCCOC(=O)/C=C/c1ccc(Cl)cc1Cl)c(=O)n2C. The zero-order valence-electron chi connectivity index (χ0n) is 15.8. The average molecular weight is 437 g/mol. The van der Waals surface area contributed by atoms with E-state index in [1.54, 1.807) is 36.9 Å². The minimum absolute atomic E-state index is 0.0521. The van der Waals surface area contributed by atoms with Crippen LogP contribution in [0.15, 0.2) is 40.2 Å². The number of hydrogen-bond donors (Lipinski definition) is 0. The number of hydrogen-bond acceptors (Lipinski definition) is 5. The van der Waals surface area contributed by atoms with Crippen molar-refractivity contribution in [2.45, 2.75) is 13.0 Å². The Morgan fingerprint density at radius 1 is 1.24 bits per heavy atom. The minimum atomic E-state index is -0.557. The molecule has 0 atom stereocenters. The first-order chi connectivity index (χ1) is 13.8. The van der Waals surface area contributed by atoms with Gasteiger partial charge in [0.15, 0.2) is 11.2 Å². The predicted molar refractivity (Wildman–Crippen MR) is 111 cm³/mol. The molecule has 152 valence electrons. The largest absolute Gasteiger partial charge is 0.462 e. The van der Waals surface area contributed by atoms with Crippen LogP contribution in [0.2, 0.25) is 10.0 Å². The number of imidazole rings is 1. The Bertz CT molecular complexity index is 1220. The molecule has 1 aromatic carbocycles. The molecule has 10 heteroatoms. The van der Waals surface area contributed by atoms with Crippen molar-refractivity contribution in [3.8, 4) is 0 Å². The highest BCUT2D eigenvalue weighted by molar-refractivity contribution is 6.35. The molecule has 2 heterocycles. The van der Waals surface area contributed by atoms with Gasteiger partial charge in [-0.1, -0.05) is 29.3 Å². The summed E-state index contributed by atoms with van der Waals surface area (Å²) >= 11 is 11.9. The Hall–Kier alpha value is -2.84. The van der Waals surface area contributed by atoms with E-state index in [2.05, 4.69) is 4.98 Å². The molecule has 29 heavy (non-hydrogen) atoms. The van der Waals surface area contributed by atoms with Gasteiger partial charge in [-0.2, -0.15) is 0 Å². The summed E-state index contributed by atoms with van der Waals surface area (Å²) < 4.78 is 9.12. The molecule has 0 N–H and O–H groups in total. The van der Waals surface area contributed by atoms with Gasteiger partial charge >= 0.3 is 11.7 Å². The summed E-state index contributed by atoms with van der Waals surface area (Å²) in [5, 5.41) is 0.919. The highest BCUT2D eigenvalue weighted by atomic mass is 35.5. The van der Waals surface area contributed by atoms with E-state index in [1.807, 2.05) is 0 Å². The van der Waals surface area contributed by atoms with Gasteiger partial charge in [-0.05, 0) is 30.2 Å². The predicted octanol–water partition coefficient (Wildman–Crippen LogP) is 2.39. The molecule has 0 spiro atoms. The molecule has 0 aliphatic carbocycles. The lowest BCUT2D eigenvalue weighted by molar-refractivity contribution is -0.137. The summed E-state index contributed by atoms with van der Waals surface area (Å²) in [6, 6.07) is 4.92. The summed E-state index contributed by atoms with van der Waals surface area (Å²) in [7, 11) is 3.24. The Morgan fingerprint density at radius 2 is 2.00 bits per heavy atom. The Kier molecular flexibility index (Phi) is 6.24. The molecule has 0 bridgehead atoms. The average Bonchev–Trinajstić information content (AvgIpc) is 3.06. The third-order valence-corrected chi connectivity index (χ3v) is 4.90. The molecule has 0 saturated carbocycles. The van der Waals surface area contributed by atoms with E-state index in [0.717, 1.165) is 4.57 Å². The Balaban J connectivity index is 1.61. The molecule has 0 amide bonds. The van der Waals surface area contributed by atoms with Gasteiger partial charge in [0.25, 0.3) is 5.56 Å². The third-order valence-electron chi connectivity index (χ3n) is 4.33. The van der Waals surface area contributed by atoms with Gasteiger partial charge in [-0.15, -0.1) is 0 Å². The molecule has 3 aromatic rings. The summed E-state index contributed by atoms with van der Waals surface area (Å²) in [5.74, 6) is -0.557. The molecule has 0 saturated heterocycles. The zero-order valence-corrected chi connectivity index (χ0v) is 17.3. The first kappa shape index (κ1) is 20.9. The molecule has 0 unspecified atom stereocenters. The number of fused-ring (bicyclic) bond motifs is 1. The maximum atomic E-state index is 12.6. The summed E-state index contributed by atoms with van der Waals surface area (Å²) in [4.78, 5) is 40.9. The highest BCUT2D eigenvalue weighted by Gasteiger charge is 2.14. The van der Waals surface area contributed by atoms with Gasteiger partial charge in [0.2, 0.25) is 0 Å². The van der Waals surface area contributed by atoms with Crippen LogP contribution in [0.4, 0.5) is 0 Å². The van der Waals surface area contributed by atoms with E-state index in [0.29, 0.717) is 33.2 Å². The van der Waals surface area contributed by atoms with Crippen LogP contribution in [0.25, 0.3) is 17.2 Å². The first-order valence-corrected chi connectivity index (χ1v) is 9.46. The van der Waals surface area contributed by atoms with E-state index >= 15 is 0 Å². The number of nitrogens with zero attached hydrogens (tertiary/aromatic N) is 4. The van der Waals surface area contributed by atoms with E-state index in [1.165, 1.54) is 23.0 Å². The highest BCUT2D eigenvalue weighted by Crippen LogP contribution is 2.21. The molecule has 0 aliphatic heterocycles. The second kappa shape index (κ2) is 8.67. The van der Waals surface area contributed by atoms with Gasteiger partial charge in [0.1, 0.15) is 0 Å². The topological polar surface area (TPSA) is 88.1 Å². The molecule has 0 radical (unpaired) electrons. The van der Waals surface area contributed by atoms with E-state index in [-0.39, 0.29) is 13.2 Å². The fourth-order valence-electron chi connectivity index (χ4n) is 2.83. The number of carbonyl (C=O) groups is 1. The fraction of sp³-hybridized carbons (Fsp3) is 0.263. The first-order valence-electron chi connectivity index (χ1n) is 8.70. The molecule has 8 nitrogen and oxygen atoms in total. The second-order valence-electron chi connectivity index (χ2n) is 6.35. The van der Waals surface area contributed by atoms with Crippen LogP contribution < -0.4 is 11.2 Å². The zero-order chi connectivity index (χ0) is 21.1. The van der Waals surface area contributed by atoms with Crippen LogP contribution in [0, 0.1) is 0 Å². The lowest BCUT2D eigenvalue weighted by Gasteiger charge is -2.08. The normalized spacial score (nSPS) is 11.4. The van der Waals surface area contributed by atoms with Crippen molar-refractivity contribution in [3.63, 3.8) is 0 Å². The Labute approximate surface area is 175 Å². The molecular weight excluding hydrogens is 419 g/mol. The molecule has 2 aromatic heterocycles. The van der Waals surface area contributed by atoms with Crippen molar-refractivity contribution in [1.29, 1.82) is 0 Å². The summed E-state index contributed by atoms with van der Waals surface area (Å²) in [5.41, 5.74) is 0.409. The maximum Gasteiger partial charge on any atom is 0.332 e. The molecule has 0 fully saturated rings. The summed E-state index contributed by atoms with van der Waals surface area (Å²) in [6.07, 6.45) is 4.57. The van der Waals surface area contributed by atoms with Crippen LogP contribution in [0.1, 0.15) is 12.0 Å². The molecular formula is C19H18Cl2N4O4. The van der Waals surface area contributed by atoms with Gasteiger partial charge in [0, 0.05) is 36.8 Å². The van der Waals surface area contributed by atoms with Crippen LogP contribution in [0.3, 0.4) is 0 Å². The van der Waals surface area contributed by atoms with Gasteiger partial charge in [-0.3, -0.25) is 13.9 Å². The number of halogens is 2. The van der Waals surface area contributed by atoms with Crippen molar-refractivity contribution < 1.29 is 9.53 Å². The maximum absolute atomic E-state index is 12.6. The van der Waals surface area contributed by atoms with Crippen LogP contribution in [0.5, 0.6) is 0 Å². The van der Waals surface area contributed by atoms with Crippen molar-refractivity contribution in [1.82, 2.24) is 18.7 Å². The van der Waals surface area contributed by atoms with Crippen LogP contribution in [-0.4, -0.2) is 31.3 Å². The van der Waals surface area contributed by atoms with Crippen molar-refractivity contribution in [2.24, 2.45) is 14.1 Å². The number of carbonyl (C=O) groups excluding carboxylic acids is 1. The smallest absolute Gasteiger partial charge is 0.332 e. The summed E-state index contributed by atoms with van der Waals surface area (Å²) in [6.45, 7) is 0.170. The van der Waals surface area contributed by atoms with Crippen LogP contribution >= 0.6 is 23.2 Å². The number of esters is 1. The number of aromatic nitrogens is 4. The van der Waals surface area contributed by atoms with Crippen molar-refractivity contribution >= 4 is 46.4 Å². The minimum Gasteiger partial charge on any atom is -0.462 e. The lowest BCUT2D eigenvalue weighted by Crippen LogP contribution is -2.39. The fourth-order valence-corrected chi connectivity index (χ4v) is 3.30. The quantitative estimate of drug-likeness (QED) is 0.336. The van der Waals surface area contributed by atoms with E-state index < -0.39 is 17.2 Å². The van der Waals surface area contributed by atoms with Crippen LogP contribution in [-0.2, 0) is 30.2 Å². The Morgan fingerprint density at radius 3 is 2.72 bits per heavy atom. The van der Waals surface area contributed by atoms with E-state index in [4.69, 9.17) is 27.9 Å². The third kappa shape index (κ3) is 4.44. The molecule has 3 rings (SSSR count). The number of benzene rings is 1. The number of aryl methyl sites for hydroxylation is 2. The second-order valence-corrected chi connectivity index (χ2v) is 7.19. The molecule has 0 aliphatic rings. The lowest BCUT2D eigenvalue weighted by atomic mass is 10.2. The van der Waals surface area contributed by atoms with Gasteiger partial charge < -0.3 is 9.30 Å². The van der Waals surface area contributed by atoms with Crippen molar-refractivity contribution in [3.05, 3.63) is 67.0 Å². The van der Waals surface area contributed by atoms with Gasteiger partial charge in [-0.25, -0.2) is 14.6 Å². The van der Waals surface area contributed by atoms with Crippen molar-refractivity contribution in [2.75, 3.05) is 6.61 Å². The van der Waals surface area contributed by atoms with Gasteiger partial charge in [0.05, 0.1) is 12.9 Å². The standard InChI is InChI=1S/C19H18Cl2N4O4/c1-23-11-22-17-16(23)18(27)25(19(28)24(17)2)8-3-9-29-15(26)7-5-12-4-6-13(20)10-14(12)21/h4-7,10-11H,3,8-9H2,1-2H3/b7-5+. The number of rotatable bonds is 6.